The Morgan fingerprint density at radius 2 is 2.25 bits per heavy atom. The van der Waals surface area contributed by atoms with Gasteiger partial charge in [0.2, 0.25) is 0 Å². The summed E-state index contributed by atoms with van der Waals surface area (Å²) in [6, 6.07) is 0.638. The maximum absolute atomic E-state index is 11.3. The van der Waals surface area contributed by atoms with Crippen LogP contribution in [0.1, 0.15) is 46.0 Å². The Labute approximate surface area is 97.8 Å². The molecule has 1 saturated heterocycles. The van der Waals surface area contributed by atoms with Crippen LogP contribution in [-0.4, -0.2) is 35.1 Å². The van der Waals surface area contributed by atoms with Gasteiger partial charge < -0.3 is 5.11 Å². The average molecular weight is 225 g/mol. The van der Waals surface area contributed by atoms with Crippen molar-refractivity contribution in [3.05, 3.63) is 0 Å². The van der Waals surface area contributed by atoms with Crippen molar-refractivity contribution in [3.63, 3.8) is 0 Å². The van der Waals surface area contributed by atoms with Gasteiger partial charge >= 0.3 is 5.97 Å². The third-order valence-corrected chi connectivity index (χ3v) is 4.30. The first-order chi connectivity index (χ1) is 7.57. The van der Waals surface area contributed by atoms with Gasteiger partial charge in [-0.25, -0.2) is 0 Å². The van der Waals surface area contributed by atoms with Crippen LogP contribution in [-0.2, 0) is 4.79 Å². The molecular weight excluding hydrogens is 202 g/mol. The number of carboxylic acid groups (broad SMARTS) is 1. The Bertz CT molecular complexity index is 275. The summed E-state index contributed by atoms with van der Waals surface area (Å²) in [5.74, 6) is 0.226. The maximum atomic E-state index is 11.3. The van der Waals surface area contributed by atoms with Gasteiger partial charge in [-0.2, -0.15) is 0 Å². The zero-order chi connectivity index (χ0) is 11.8. The predicted molar refractivity (Wildman–Crippen MR) is 63.4 cm³/mol. The van der Waals surface area contributed by atoms with Crippen molar-refractivity contribution in [2.45, 2.75) is 52.0 Å². The third-order valence-electron chi connectivity index (χ3n) is 4.30. The number of nitrogens with zero attached hydrogens (tertiary/aromatic N) is 1. The van der Waals surface area contributed by atoms with E-state index in [1.807, 2.05) is 6.92 Å². The van der Waals surface area contributed by atoms with E-state index in [0.717, 1.165) is 31.8 Å². The van der Waals surface area contributed by atoms with Crippen molar-refractivity contribution in [2.75, 3.05) is 13.1 Å². The van der Waals surface area contributed by atoms with E-state index in [2.05, 4.69) is 11.8 Å². The van der Waals surface area contributed by atoms with Gasteiger partial charge in [0.25, 0.3) is 0 Å². The topological polar surface area (TPSA) is 40.5 Å². The van der Waals surface area contributed by atoms with Crippen LogP contribution in [0.2, 0.25) is 0 Å². The van der Waals surface area contributed by atoms with E-state index >= 15 is 0 Å². The van der Waals surface area contributed by atoms with Crippen LogP contribution in [0.25, 0.3) is 0 Å². The summed E-state index contributed by atoms with van der Waals surface area (Å²) >= 11 is 0. The number of likely N-dealkylation sites (tertiary alicyclic amines) is 1. The van der Waals surface area contributed by atoms with Crippen molar-refractivity contribution in [3.8, 4) is 0 Å². The lowest BCUT2D eigenvalue weighted by atomic mass is 9.81. The molecular formula is C13H23NO2. The summed E-state index contributed by atoms with van der Waals surface area (Å²) in [5, 5.41) is 9.30. The minimum Gasteiger partial charge on any atom is -0.481 e. The number of carbonyl (C=O) groups is 1. The van der Waals surface area contributed by atoms with Gasteiger partial charge in [0.15, 0.2) is 0 Å². The fourth-order valence-corrected chi connectivity index (χ4v) is 3.11. The second kappa shape index (κ2) is 4.36. The van der Waals surface area contributed by atoms with Gasteiger partial charge in [-0.1, -0.05) is 6.92 Å². The highest BCUT2D eigenvalue weighted by molar-refractivity contribution is 5.74. The monoisotopic (exact) mass is 225 g/mol. The molecule has 3 nitrogen and oxygen atoms in total. The van der Waals surface area contributed by atoms with Crippen LogP contribution in [0.15, 0.2) is 0 Å². The second-order valence-electron chi connectivity index (χ2n) is 5.75. The van der Waals surface area contributed by atoms with Crippen molar-refractivity contribution in [2.24, 2.45) is 11.3 Å². The number of hydrogen-bond acceptors (Lipinski definition) is 2. The van der Waals surface area contributed by atoms with Crippen LogP contribution in [0.5, 0.6) is 0 Å². The van der Waals surface area contributed by atoms with E-state index in [-0.39, 0.29) is 0 Å². The largest absolute Gasteiger partial charge is 0.481 e. The molecule has 0 aromatic rings. The number of piperidine rings is 1. The molecule has 2 unspecified atom stereocenters. The zero-order valence-corrected chi connectivity index (χ0v) is 10.4. The molecule has 0 spiro atoms. The summed E-state index contributed by atoms with van der Waals surface area (Å²) in [4.78, 5) is 13.7. The van der Waals surface area contributed by atoms with Crippen LogP contribution >= 0.6 is 0 Å². The average Bonchev–Trinajstić information content (AvgIpc) is 3.03. The third kappa shape index (κ3) is 2.24. The summed E-state index contributed by atoms with van der Waals surface area (Å²) in [7, 11) is 0. The van der Waals surface area contributed by atoms with Gasteiger partial charge in [0.1, 0.15) is 0 Å². The summed E-state index contributed by atoms with van der Waals surface area (Å²) in [6.07, 6.45) is 5.73. The van der Waals surface area contributed by atoms with Crippen molar-refractivity contribution < 1.29 is 9.90 Å². The summed E-state index contributed by atoms with van der Waals surface area (Å²) in [6.45, 7) is 5.98. The molecule has 1 aliphatic carbocycles. The highest BCUT2D eigenvalue weighted by atomic mass is 16.4. The molecule has 2 fully saturated rings. The second-order valence-corrected chi connectivity index (χ2v) is 5.75. The molecule has 0 aromatic carbocycles. The van der Waals surface area contributed by atoms with Crippen molar-refractivity contribution in [1.29, 1.82) is 0 Å². The molecule has 1 saturated carbocycles. The Balaban J connectivity index is 2.02. The minimum atomic E-state index is -0.622. The molecule has 0 bridgehead atoms. The fourth-order valence-electron chi connectivity index (χ4n) is 3.11. The zero-order valence-electron chi connectivity index (χ0n) is 10.4. The molecule has 2 atom stereocenters. The summed E-state index contributed by atoms with van der Waals surface area (Å²) in [5.41, 5.74) is -0.513. The highest BCUT2D eigenvalue weighted by Gasteiger charge is 2.42. The number of hydrogen-bond donors (Lipinski definition) is 1. The van der Waals surface area contributed by atoms with Gasteiger partial charge in [0.05, 0.1) is 5.41 Å². The minimum absolute atomic E-state index is 0.513. The van der Waals surface area contributed by atoms with Gasteiger partial charge in [-0.3, -0.25) is 9.69 Å². The molecule has 1 aliphatic heterocycles. The molecule has 0 aromatic heterocycles. The molecule has 92 valence electrons. The number of carboxylic acids is 1. The standard InChI is InChI=1S/C13H23NO2/c1-3-11(10-5-6-10)14-8-4-7-13(2,9-14)12(15)16/h10-11H,3-9H2,1-2H3,(H,15,16). The molecule has 16 heavy (non-hydrogen) atoms. The van der Waals surface area contributed by atoms with Crippen LogP contribution in [0.4, 0.5) is 0 Å². The van der Waals surface area contributed by atoms with Crippen LogP contribution in [0, 0.1) is 11.3 Å². The van der Waals surface area contributed by atoms with E-state index < -0.39 is 11.4 Å². The lowest BCUT2D eigenvalue weighted by molar-refractivity contribution is -0.152. The van der Waals surface area contributed by atoms with Crippen molar-refractivity contribution >= 4 is 5.97 Å². The van der Waals surface area contributed by atoms with E-state index in [1.54, 1.807) is 0 Å². The smallest absolute Gasteiger partial charge is 0.310 e. The number of rotatable bonds is 4. The predicted octanol–water partition coefficient (Wildman–Crippen LogP) is 2.36. The summed E-state index contributed by atoms with van der Waals surface area (Å²) < 4.78 is 0. The van der Waals surface area contributed by atoms with Gasteiger partial charge in [0, 0.05) is 12.6 Å². The number of aliphatic carboxylic acids is 1. The first-order valence-corrected chi connectivity index (χ1v) is 6.54. The Kier molecular flexibility index (Phi) is 3.24. The molecule has 0 amide bonds. The van der Waals surface area contributed by atoms with Crippen LogP contribution < -0.4 is 0 Å². The molecule has 1 heterocycles. The molecule has 0 radical (unpaired) electrons. The highest BCUT2D eigenvalue weighted by Crippen LogP contribution is 2.40. The first kappa shape index (κ1) is 11.9. The normalized spacial score (nSPS) is 33.6. The maximum Gasteiger partial charge on any atom is 0.310 e. The van der Waals surface area contributed by atoms with Gasteiger partial charge in [-0.05, 0) is 51.5 Å². The van der Waals surface area contributed by atoms with E-state index in [9.17, 15) is 9.90 Å². The molecule has 1 N–H and O–H groups in total. The lowest BCUT2D eigenvalue weighted by Crippen LogP contribution is -2.50. The SMILES string of the molecule is CCC(C1CC1)N1CCCC(C)(C(=O)O)C1. The van der Waals surface area contributed by atoms with Gasteiger partial charge in [-0.15, -0.1) is 0 Å². The Hall–Kier alpha value is -0.570. The van der Waals surface area contributed by atoms with Crippen molar-refractivity contribution in [1.82, 2.24) is 4.90 Å². The fraction of sp³-hybridized carbons (Fsp3) is 0.923. The Morgan fingerprint density at radius 3 is 2.75 bits per heavy atom. The first-order valence-electron chi connectivity index (χ1n) is 6.54. The van der Waals surface area contributed by atoms with E-state index in [0.29, 0.717) is 6.04 Å². The molecule has 2 aliphatic rings. The Morgan fingerprint density at radius 1 is 1.56 bits per heavy atom. The molecule has 2 rings (SSSR count). The quantitative estimate of drug-likeness (QED) is 0.798. The lowest BCUT2D eigenvalue weighted by Gasteiger charge is -2.41. The van der Waals surface area contributed by atoms with Crippen LogP contribution in [0.3, 0.4) is 0 Å². The van der Waals surface area contributed by atoms with E-state index in [4.69, 9.17) is 0 Å². The van der Waals surface area contributed by atoms with E-state index in [1.165, 1.54) is 19.3 Å². The molecule has 3 heteroatoms.